The maximum atomic E-state index is 12.4. The highest BCUT2D eigenvalue weighted by Crippen LogP contribution is 2.19. The monoisotopic (exact) mass is 253 g/mol. The van der Waals surface area contributed by atoms with Crippen molar-refractivity contribution in [1.29, 1.82) is 0 Å². The van der Waals surface area contributed by atoms with Gasteiger partial charge in [-0.3, -0.25) is 10.1 Å². The molecule has 4 nitrogen and oxygen atoms in total. The molecule has 2 aliphatic rings. The van der Waals surface area contributed by atoms with Gasteiger partial charge >= 0.3 is 0 Å². The van der Waals surface area contributed by atoms with Gasteiger partial charge in [0.05, 0.1) is 12.2 Å². The Morgan fingerprint density at radius 3 is 2.67 bits per heavy atom. The Bertz CT molecular complexity index is 289. The normalized spacial score (nSPS) is 31.3. The standard InChI is InChI=1S/C14H27N3O/c1-4-7-13-14(18)17(12(3)15-13)11(2)10-16-8-5-6-9-16/h11-13,15H,4-10H2,1-3H3. The summed E-state index contributed by atoms with van der Waals surface area (Å²) in [6.45, 7) is 9.85. The van der Waals surface area contributed by atoms with E-state index in [9.17, 15) is 4.79 Å². The smallest absolute Gasteiger partial charge is 0.241 e. The molecular formula is C14H27N3O. The van der Waals surface area contributed by atoms with Crippen molar-refractivity contribution in [3.05, 3.63) is 0 Å². The molecule has 104 valence electrons. The Hall–Kier alpha value is -0.610. The Balaban J connectivity index is 1.92. The van der Waals surface area contributed by atoms with Crippen LogP contribution in [0.4, 0.5) is 0 Å². The average Bonchev–Trinajstić information content (AvgIpc) is 2.89. The highest BCUT2D eigenvalue weighted by atomic mass is 16.2. The number of amides is 1. The van der Waals surface area contributed by atoms with E-state index in [-0.39, 0.29) is 12.2 Å². The molecular weight excluding hydrogens is 226 g/mol. The molecule has 0 aromatic heterocycles. The number of hydrogen-bond donors (Lipinski definition) is 1. The number of rotatable bonds is 5. The highest BCUT2D eigenvalue weighted by Gasteiger charge is 2.38. The summed E-state index contributed by atoms with van der Waals surface area (Å²) < 4.78 is 0. The van der Waals surface area contributed by atoms with E-state index in [0.29, 0.717) is 11.9 Å². The maximum Gasteiger partial charge on any atom is 0.241 e. The van der Waals surface area contributed by atoms with Crippen molar-refractivity contribution in [2.24, 2.45) is 0 Å². The third kappa shape index (κ3) is 2.86. The summed E-state index contributed by atoms with van der Waals surface area (Å²) in [5.74, 6) is 0.302. The second kappa shape index (κ2) is 6.02. The van der Waals surface area contributed by atoms with Gasteiger partial charge in [0.25, 0.3) is 0 Å². The van der Waals surface area contributed by atoms with Gasteiger partial charge < -0.3 is 9.80 Å². The van der Waals surface area contributed by atoms with Gasteiger partial charge in [0.1, 0.15) is 0 Å². The molecule has 4 heteroatoms. The topological polar surface area (TPSA) is 35.6 Å². The third-order valence-corrected chi connectivity index (χ3v) is 4.19. The van der Waals surface area contributed by atoms with Gasteiger partial charge in [0.2, 0.25) is 5.91 Å². The van der Waals surface area contributed by atoms with E-state index in [1.165, 1.54) is 25.9 Å². The van der Waals surface area contributed by atoms with E-state index in [1.54, 1.807) is 0 Å². The first-order valence-electron chi connectivity index (χ1n) is 7.44. The lowest BCUT2D eigenvalue weighted by atomic mass is 10.1. The van der Waals surface area contributed by atoms with E-state index < -0.39 is 0 Å². The van der Waals surface area contributed by atoms with Gasteiger partial charge in [0.15, 0.2) is 0 Å². The molecule has 3 atom stereocenters. The summed E-state index contributed by atoms with van der Waals surface area (Å²) in [4.78, 5) is 16.9. The fraction of sp³-hybridized carbons (Fsp3) is 0.929. The lowest BCUT2D eigenvalue weighted by molar-refractivity contribution is -0.132. The molecule has 0 spiro atoms. The second-order valence-corrected chi connectivity index (χ2v) is 5.79. The number of carbonyl (C=O) groups is 1. The summed E-state index contributed by atoms with van der Waals surface area (Å²) in [7, 11) is 0. The Morgan fingerprint density at radius 1 is 1.39 bits per heavy atom. The van der Waals surface area contributed by atoms with Gasteiger partial charge in [0, 0.05) is 12.6 Å². The van der Waals surface area contributed by atoms with Crippen LogP contribution in [0.15, 0.2) is 0 Å². The molecule has 1 N–H and O–H groups in total. The lowest BCUT2D eigenvalue weighted by Gasteiger charge is -2.31. The molecule has 0 radical (unpaired) electrons. The quantitative estimate of drug-likeness (QED) is 0.805. The summed E-state index contributed by atoms with van der Waals surface area (Å²) >= 11 is 0. The van der Waals surface area contributed by atoms with Crippen LogP contribution in [0.3, 0.4) is 0 Å². The molecule has 0 aromatic rings. The van der Waals surface area contributed by atoms with Crippen LogP contribution >= 0.6 is 0 Å². The Morgan fingerprint density at radius 2 is 2.06 bits per heavy atom. The van der Waals surface area contributed by atoms with Crippen LogP contribution in [0.2, 0.25) is 0 Å². The molecule has 3 unspecified atom stereocenters. The second-order valence-electron chi connectivity index (χ2n) is 5.79. The van der Waals surface area contributed by atoms with Crippen LogP contribution in [-0.4, -0.2) is 53.6 Å². The first-order valence-corrected chi connectivity index (χ1v) is 7.44. The van der Waals surface area contributed by atoms with Crippen molar-refractivity contribution in [2.75, 3.05) is 19.6 Å². The molecule has 0 bridgehead atoms. The minimum Gasteiger partial charge on any atom is -0.322 e. The molecule has 2 saturated heterocycles. The van der Waals surface area contributed by atoms with Gasteiger partial charge in [-0.25, -0.2) is 0 Å². The molecule has 0 aliphatic carbocycles. The summed E-state index contributed by atoms with van der Waals surface area (Å²) in [5.41, 5.74) is 0. The lowest BCUT2D eigenvalue weighted by Crippen LogP contribution is -2.46. The molecule has 18 heavy (non-hydrogen) atoms. The average molecular weight is 253 g/mol. The molecule has 0 saturated carbocycles. The van der Waals surface area contributed by atoms with E-state index in [1.807, 2.05) is 0 Å². The number of hydrogen-bond acceptors (Lipinski definition) is 3. The number of nitrogens with zero attached hydrogens (tertiary/aromatic N) is 2. The fourth-order valence-electron chi connectivity index (χ4n) is 3.33. The minimum absolute atomic E-state index is 0.0472. The van der Waals surface area contributed by atoms with Crippen LogP contribution < -0.4 is 5.32 Å². The van der Waals surface area contributed by atoms with Gasteiger partial charge in [-0.2, -0.15) is 0 Å². The first kappa shape index (κ1) is 13.8. The van der Waals surface area contributed by atoms with E-state index in [4.69, 9.17) is 0 Å². The summed E-state index contributed by atoms with van der Waals surface area (Å²) in [6, 6.07) is 0.367. The minimum atomic E-state index is 0.0472. The number of carbonyl (C=O) groups excluding carboxylic acids is 1. The molecule has 2 aliphatic heterocycles. The van der Waals surface area contributed by atoms with Crippen molar-refractivity contribution < 1.29 is 4.79 Å². The van der Waals surface area contributed by atoms with Gasteiger partial charge in [-0.05, 0) is 46.2 Å². The van der Waals surface area contributed by atoms with Gasteiger partial charge in [-0.15, -0.1) is 0 Å². The van der Waals surface area contributed by atoms with Crippen molar-refractivity contribution in [1.82, 2.24) is 15.1 Å². The zero-order valence-electron chi connectivity index (χ0n) is 12.0. The Labute approximate surface area is 111 Å². The van der Waals surface area contributed by atoms with Gasteiger partial charge in [-0.1, -0.05) is 13.3 Å². The molecule has 2 rings (SSSR count). The maximum absolute atomic E-state index is 12.4. The zero-order chi connectivity index (χ0) is 13.1. The summed E-state index contributed by atoms with van der Waals surface area (Å²) in [5, 5.41) is 3.42. The van der Waals surface area contributed by atoms with E-state index in [2.05, 4.69) is 35.9 Å². The number of likely N-dealkylation sites (tertiary alicyclic amines) is 1. The van der Waals surface area contributed by atoms with E-state index >= 15 is 0 Å². The van der Waals surface area contributed by atoms with Crippen molar-refractivity contribution in [2.45, 2.75) is 64.7 Å². The first-order chi connectivity index (χ1) is 8.63. The van der Waals surface area contributed by atoms with Crippen molar-refractivity contribution in [3.63, 3.8) is 0 Å². The van der Waals surface area contributed by atoms with Crippen LogP contribution in [-0.2, 0) is 4.79 Å². The van der Waals surface area contributed by atoms with Crippen LogP contribution in [0.25, 0.3) is 0 Å². The highest BCUT2D eigenvalue weighted by molar-refractivity contribution is 5.84. The molecule has 0 aromatic carbocycles. The SMILES string of the molecule is CCCC1NC(C)N(C(C)CN2CCCC2)C1=O. The molecule has 1 amide bonds. The van der Waals surface area contributed by atoms with E-state index in [0.717, 1.165) is 19.4 Å². The molecule has 2 fully saturated rings. The third-order valence-electron chi connectivity index (χ3n) is 4.19. The van der Waals surface area contributed by atoms with Crippen LogP contribution in [0.5, 0.6) is 0 Å². The zero-order valence-corrected chi connectivity index (χ0v) is 12.0. The van der Waals surface area contributed by atoms with Crippen LogP contribution in [0, 0.1) is 0 Å². The van der Waals surface area contributed by atoms with Crippen molar-refractivity contribution >= 4 is 5.91 Å². The number of nitrogens with one attached hydrogen (secondary N) is 1. The molecule has 2 heterocycles. The largest absolute Gasteiger partial charge is 0.322 e. The fourth-order valence-corrected chi connectivity index (χ4v) is 3.33. The van der Waals surface area contributed by atoms with Crippen molar-refractivity contribution in [3.8, 4) is 0 Å². The Kier molecular flexibility index (Phi) is 4.62. The predicted molar refractivity (Wildman–Crippen MR) is 73.3 cm³/mol. The summed E-state index contributed by atoms with van der Waals surface area (Å²) in [6.07, 6.45) is 4.83. The van der Waals surface area contributed by atoms with Crippen LogP contribution in [0.1, 0.15) is 46.5 Å². The predicted octanol–water partition coefficient (Wildman–Crippen LogP) is 1.42.